The molecule has 0 N–H and O–H groups in total. The summed E-state index contributed by atoms with van der Waals surface area (Å²) in [4.78, 5) is 0. The molecule has 0 bridgehead atoms. The van der Waals surface area contributed by atoms with Crippen LogP contribution in [-0.2, 0) is 17.9 Å². The van der Waals surface area contributed by atoms with Gasteiger partial charge in [-0.1, -0.05) is 58.0 Å². The molecule has 182 valence electrons. The average molecular weight is 479 g/mol. The van der Waals surface area contributed by atoms with Crippen LogP contribution in [0.1, 0.15) is 57.2 Å². The summed E-state index contributed by atoms with van der Waals surface area (Å²) in [5.41, 5.74) is 9.57. The Morgan fingerprint density at radius 2 is 1.56 bits per heavy atom. The van der Waals surface area contributed by atoms with E-state index in [1.54, 1.807) is 12.1 Å². The van der Waals surface area contributed by atoms with Gasteiger partial charge in [0.2, 0.25) is 5.69 Å². The zero-order valence-corrected chi connectivity index (χ0v) is 22.0. The van der Waals surface area contributed by atoms with E-state index in [4.69, 9.17) is 4.42 Å². The summed E-state index contributed by atoms with van der Waals surface area (Å²) in [6.07, 6.45) is 4.34. The van der Waals surface area contributed by atoms with Gasteiger partial charge >= 0.3 is 0 Å². The SMILES string of the molecule is Cc1ccc2c(oc3c(-c4ccc5c(c4)C(C)(C)CCC5(C)C)cc(F)cc32)c1-c1cccc[n+]1C. The third-order valence-corrected chi connectivity index (χ3v) is 8.39. The maximum Gasteiger partial charge on any atom is 0.216 e. The highest BCUT2D eigenvalue weighted by molar-refractivity contribution is 6.13. The van der Waals surface area contributed by atoms with E-state index < -0.39 is 0 Å². The summed E-state index contributed by atoms with van der Waals surface area (Å²) in [5.74, 6) is -0.245. The molecule has 5 aromatic rings. The summed E-state index contributed by atoms with van der Waals surface area (Å²) in [5, 5.41) is 1.76. The fraction of sp³-hybridized carbons (Fsp3) is 0.303. The Balaban J connectivity index is 1.65. The van der Waals surface area contributed by atoms with Gasteiger partial charge < -0.3 is 4.42 Å². The number of hydrogen-bond donors (Lipinski definition) is 0. The van der Waals surface area contributed by atoms with Crippen LogP contribution in [0.2, 0.25) is 0 Å². The molecule has 2 aromatic heterocycles. The van der Waals surface area contributed by atoms with Gasteiger partial charge in [-0.15, -0.1) is 0 Å². The molecule has 6 rings (SSSR count). The predicted octanol–water partition coefficient (Wildman–Crippen LogP) is 8.54. The monoisotopic (exact) mass is 478 g/mol. The molecular weight excluding hydrogens is 445 g/mol. The second kappa shape index (κ2) is 7.77. The molecule has 0 aliphatic heterocycles. The van der Waals surface area contributed by atoms with E-state index in [0.717, 1.165) is 56.3 Å². The minimum Gasteiger partial charge on any atom is -0.454 e. The Labute approximate surface area is 212 Å². The molecule has 0 fully saturated rings. The molecule has 2 nitrogen and oxygen atoms in total. The zero-order chi connectivity index (χ0) is 25.4. The van der Waals surface area contributed by atoms with E-state index in [9.17, 15) is 0 Å². The molecule has 3 aromatic carbocycles. The highest BCUT2D eigenvalue weighted by Crippen LogP contribution is 2.48. The van der Waals surface area contributed by atoms with Crippen molar-refractivity contribution in [1.29, 1.82) is 0 Å². The van der Waals surface area contributed by atoms with Gasteiger partial charge in [0, 0.05) is 28.5 Å². The lowest BCUT2D eigenvalue weighted by atomic mass is 9.63. The summed E-state index contributed by atoms with van der Waals surface area (Å²) in [6, 6.07) is 20.2. The Kier molecular flexibility index (Phi) is 4.96. The topological polar surface area (TPSA) is 17.0 Å². The summed E-state index contributed by atoms with van der Waals surface area (Å²) >= 11 is 0. The first-order valence-corrected chi connectivity index (χ1v) is 12.8. The average Bonchev–Trinajstić information content (AvgIpc) is 3.20. The molecule has 0 radical (unpaired) electrons. The van der Waals surface area contributed by atoms with Gasteiger partial charge in [-0.05, 0) is 71.0 Å². The van der Waals surface area contributed by atoms with Crippen molar-refractivity contribution in [3.8, 4) is 22.4 Å². The number of aromatic nitrogens is 1. The summed E-state index contributed by atoms with van der Waals surface area (Å²) in [6.45, 7) is 11.4. The van der Waals surface area contributed by atoms with Gasteiger partial charge in [0.1, 0.15) is 24.0 Å². The van der Waals surface area contributed by atoms with Crippen molar-refractivity contribution in [2.75, 3.05) is 0 Å². The molecule has 1 aliphatic carbocycles. The lowest BCUT2D eigenvalue weighted by Gasteiger charge is -2.42. The third kappa shape index (κ3) is 3.40. The second-order valence-corrected chi connectivity index (χ2v) is 11.8. The summed E-state index contributed by atoms with van der Waals surface area (Å²) in [7, 11) is 2.04. The number of halogens is 1. The first kappa shape index (κ1) is 23.0. The van der Waals surface area contributed by atoms with Crippen LogP contribution >= 0.6 is 0 Å². The van der Waals surface area contributed by atoms with Gasteiger partial charge in [-0.3, -0.25) is 0 Å². The lowest BCUT2D eigenvalue weighted by Crippen LogP contribution is -2.33. The van der Waals surface area contributed by atoms with E-state index >= 15 is 4.39 Å². The van der Waals surface area contributed by atoms with E-state index in [-0.39, 0.29) is 16.6 Å². The number of furan rings is 1. The van der Waals surface area contributed by atoms with Crippen molar-refractivity contribution in [3.05, 3.63) is 89.4 Å². The van der Waals surface area contributed by atoms with E-state index in [2.05, 4.69) is 75.6 Å². The van der Waals surface area contributed by atoms with E-state index in [0.29, 0.717) is 0 Å². The van der Waals surface area contributed by atoms with Crippen LogP contribution in [0, 0.1) is 12.7 Å². The highest BCUT2D eigenvalue weighted by atomic mass is 19.1. The van der Waals surface area contributed by atoms with Gasteiger partial charge in [0.15, 0.2) is 6.20 Å². The molecule has 1 aliphatic rings. The standard InChI is InChI=1S/C33H33FNO/c1-20-10-12-23-25-19-22(34)18-24(30(25)36-31(23)29(20)28-9-7-8-16-35(28)6)21-11-13-26-27(17-21)33(4,5)15-14-32(26,2)3/h7-13,16-19H,14-15H2,1-6H3/q+1. The van der Waals surface area contributed by atoms with Crippen LogP contribution in [0.15, 0.2) is 71.3 Å². The zero-order valence-electron chi connectivity index (χ0n) is 22.0. The van der Waals surface area contributed by atoms with Gasteiger partial charge in [-0.25, -0.2) is 8.96 Å². The smallest absolute Gasteiger partial charge is 0.216 e. The van der Waals surface area contributed by atoms with Crippen LogP contribution in [0.25, 0.3) is 44.3 Å². The lowest BCUT2D eigenvalue weighted by molar-refractivity contribution is -0.660. The fourth-order valence-electron chi connectivity index (χ4n) is 6.08. The maximum atomic E-state index is 15.1. The molecule has 0 saturated carbocycles. The van der Waals surface area contributed by atoms with Crippen molar-refractivity contribution >= 4 is 21.9 Å². The largest absolute Gasteiger partial charge is 0.454 e. The maximum absolute atomic E-state index is 15.1. The molecule has 3 heteroatoms. The fourth-order valence-corrected chi connectivity index (χ4v) is 6.08. The van der Waals surface area contributed by atoms with E-state index in [1.165, 1.54) is 17.5 Å². The number of hydrogen-bond acceptors (Lipinski definition) is 1. The molecule has 0 saturated heterocycles. The van der Waals surface area contributed by atoms with Gasteiger partial charge in [0.25, 0.3) is 0 Å². The van der Waals surface area contributed by atoms with Gasteiger partial charge in [-0.2, -0.15) is 0 Å². The number of fused-ring (bicyclic) bond motifs is 4. The first-order valence-electron chi connectivity index (χ1n) is 12.8. The van der Waals surface area contributed by atoms with Crippen LogP contribution in [0.5, 0.6) is 0 Å². The highest BCUT2D eigenvalue weighted by Gasteiger charge is 2.37. The van der Waals surface area contributed by atoms with Crippen molar-refractivity contribution in [2.45, 2.75) is 58.3 Å². The van der Waals surface area contributed by atoms with E-state index in [1.807, 2.05) is 25.4 Å². The number of benzene rings is 3. The predicted molar refractivity (Wildman–Crippen MR) is 146 cm³/mol. The van der Waals surface area contributed by atoms with Crippen LogP contribution in [-0.4, -0.2) is 0 Å². The molecule has 0 unspecified atom stereocenters. The molecule has 0 atom stereocenters. The Morgan fingerprint density at radius 3 is 2.31 bits per heavy atom. The molecule has 2 heterocycles. The van der Waals surface area contributed by atoms with Crippen LogP contribution in [0.3, 0.4) is 0 Å². The Bertz CT molecular complexity index is 1670. The number of nitrogens with zero attached hydrogens (tertiary/aromatic N) is 1. The Morgan fingerprint density at radius 1 is 0.806 bits per heavy atom. The normalized spacial score (nSPS) is 16.4. The van der Waals surface area contributed by atoms with Crippen molar-refractivity contribution in [2.24, 2.45) is 7.05 Å². The molecule has 0 amide bonds. The van der Waals surface area contributed by atoms with Crippen LogP contribution < -0.4 is 4.57 Å². The second-order valence-electron chi connectivity index (χ2n) is 11.8. The number of rotatable bonds is 2. The molecular formula is C33H33FNO+. The number of pyridine rings is 1. The number of aryl methyl sites for hydroxylation is 2. The van der Waals surface area contributed by atoms with Crippen LogP contribution in [0.4, 0.5) is 4.39 Å². The van der Waals surface area contributed by atoms with Crippen molar-refractivity contribution in [3.63, 3.8) is 0 Å². The minimum absolute atomic E-state index is 0.0769. The van der Waals surface area contributed by atoms with Crippen molar-refractivity contribution < 1.29 is 13.4 Å². The summed E-state index contributed by atoms with van der Waals surface area (Å²) < 4.78 is 23.9. The molecule has 36 heavy (non-hydrogen) atoms. The van der Waals surface area contributed by atoms with Gasteiger partial charge in [0.05, 0.1) is 5.56 Å². The molecule has 0 spiro atoms. The minimum atomic E-state index is -0.245. The Hall–Kier alpha value is -3.46. The van der Waals surface area contributed by atoms with Crippen molar-refractivity contribution in [1.82, 2.24) is 0 Å². The first-order chi connectivity index (χ1) is 17.1. The third-order valence-electron chi connectivity index (χ3n) is 8.39. The quantitative estimate of drug-likeness (QED) is 0.232.